The number of pyridine rings is 1. The molecule has 0 saturated heterocycles. The van der Waals surface area contributed by atoms with E-state index < -0.39 is 0 Å². The SMILES string of the molecule is C=N/C=C(\C=C(/C)c1cncc(-c2cccc(-n3c4ccc(OC)cc4c4cc(OC)ccc43)c2)c1)c1cccc(-n2c3ccc(OC)cc3c3cc(OC)ccc32)c1. The molecule has 0 saturated carbocycles. The zero-order valence-electron chi connectivity index (χ0n) is 33.6. The average Bonchev–Trinajstić information content (AvgIpc) is 3.79. The summed E-state index contributed by atoms with van der Waals surface area (Å²) in [4.78, 5) is 8.95. The molecule has 290 valence electrons. The van der Waals surface area contributed by atoms with Gasteiger partial charge in [0, 0.05) is 62.6 Å². The quantitative estimate of drug-likeness (QED) is 0.0966. The monoisotopic (exact) mass is 774 g/mol. The van der Waals surface area contributed by atoms with Crippen LogP contribution in [-0.4, -0.2) is 49.3 Å². The van der Waals surface area contributed by atoms with Crippen LogP contribution in [-0.2, 0) is 0 Å². The molecule has 3 aromatic heterocycles. The number of aliphatic imine (C=N–C) groups is 1. The smallest absolute Gasteiger partial charge is 0.119 e. The minimum Gasteiger partial charge on any atom is -0.497 e. The van der Waals surface area contributed by atoms with Crippen LogP contribution in [0, 0.1) is 0 Å². The van der Waals surface area contributed by atoms with Crippen LogP contribution in [0.25, 0.3) is 77.3 Å². The summed E-state index contributed by atoms with van der Waals surface area (Å²) in [7, 11) is 6.77. The Balaban J connectivity index is 1.08. The Hall–Kier alpha value is -7.58. The zero-order valence-corrected chi connectivity index (χ0v) is 33.6. The highest BCUT2D eigenvalue weighted by Crippen LogP contribution is 2.39. The van der Waals surface area contributed by atoms with Gasteiger partial charge in [-0.25, -0.2) is 0 Å². The van der Waals surface area contributed by atoms with Crippen LogP contribution in [0.5, 0.6) is 23.0 Å². The molecule has 6 aromatic carbocycles. The zero-order chi connectivity index (χ0) is 40.6. The molecule has 9 aromatic rings. The van der Waals surface area contributed by atoms with E-state index in [4.69, 9.17) is 23.9 Å². The number of nitrogens with zero attached hydrogens (tertiary/aromatic N) is 4. The highest BCUT2D eigenvalue weighted by atomic mass is 16.5. The van der Waals surface area contributed by atoms with Gasteiger partial charge in [-0.15, -0.1) is 0 Å². The van der Waals surface area contributed by atoms with E-state index in [0.717, 1.165) is 111 Å². The molecule has 59 heavy (non-hydrogen) atoms. The molecular formula is C51H42N4O4. The van der Waals surface area contributed by atoms with Gasteiger partial charge < -0.3 is 28.1 Å². The lowest BCUT2D eigenvalue weighted by Crippen LogP contribution is -1.96. The van der Waals surface area contributed by atoms with Crippen molar-refractivity contribution in [2.75, 3.05) is 28.4 Å². The van der Waals surface area contributed by atoms with Crippen molar-refractivity contribution in [1.82, 2.24) is 14.1 Å². The number of hydrogen-bond acceptors (Lipinski definition) is 6. The van der Waals surface area contributed by atoms with E-state index in [2.05, 4.69) is 137 Å². The predicted octanol–water partition coefficient (Wildman–Crippen LogP) is 12.1. The summed E-state index contributed by atoms with van der Waals surface area (Å²) in [6.45, 7) is 5.92. The maximum atomic E-state index is 5.60. The lowest BCUT2D eigenvalue weighted by molar-refractivity contribution is 0.415. The Bertz CT molecular complexity index is 3030. The number of fused-ring (bicyclic) bond motifs is 6. The third kappa shape index (κ3) is 6.64. The van der Waals surface area contributed by atoms with Gasteiger partial charge in [-0.05, 0) is 145 Å². The van der Waals surface area contributed by atoms with Gasteiger partial charge in [-0.1, -0.05) is 24.3 Å². The highest BCUT2D eigenvalue weighted by molar-refractivity contribution is 6.11. The summed E-state index contributed by atoms with van der Waals surface area (Å²) in [5, 5.41) is 4.34. The molecule has 8 nitrogen and oxygen atoms in total. The third-order valence-electron chi connectivity index (χ3n) is 11.0. The van der Waals surface area contributed by atoms with Crippen molar-refractivity contribution in [2.45, 2.75) is 6.92 Å². The number of hydrogen-bond donors (Lipinski definition) is 0. The van der Waals surface area contributed by atoms with Gasteiger partial charge in [0.05, 0.1) is 50.5 Å². The molecule has 0 fully saturated rings. The van der Waals surface area contributed by atoms with Gasteiger partial charge in [0.1, 0.15) is 23.0 Å². The molecule has 3 heterocycles. The molecule has 0 bridgehead atoms. The minimum absolute atomic E-state index is 0.799. The first kappa shape index (κ1) is 37.0. The lowest BCUT2D eigenvalue weighted by atomic mass is 9.98. The van der Waals surface area contributed by atoms with Crippen LogP contribution < -0.4 is 18.9 Å². The molecule has 0 aliphatic heterocycles. The summed E-state index contributed by atoms with van der Waals surface area (Å²) >= 11 is 0. The topological polar surface area (TPSA) is 72.0 Å². The first-order chi connectivity index (χ1) is 28.9. The number of ether oxygens (including phenoxy) is 4. The van der Waals surface area contributed by atoms with E-state index in [1.807, 2.05) is 42.9 Å². The van der Waals surface area contributed by atoms with E-state index in [1.54, 1.807) is 28.4 Å². The Morgan fingerprint density at radius 2 is 1.00 bits per heavy atom. The number of rotatable bonds is 11. The lowest BCUT2D eigenvalue weighted by Gasteiger charge is -2.12. The summed E-state index contributed by atoms with van der Waals surface area (Å²) in [6.07, 6.45) is 7.78. The van der Waals surface area contributed by atoms with Crippen molar-refractivity contribution in [3.63, 3.8) is 0 Å². The number of allylic oxidation sites excluding steroid dienone is 3. The maximum absolute atomic E-state index is 5.60. The van der Waals surface area contributed by atoms with E-state index >= 15 is 0 Å². The van der Waals surface area contributed by atoms with E-state index in [1.165, 1.54) is 0 Å². The number of methoxy groups -OCH3 is 4. The summed E-state index contributed by atoms with van der Waals surface area (Å²) < 4.78 is 27.0. The summed E-state index contributed by atoms with van der Waals surface area (Å²) in [5.41, 5.74) is 12.4. The van der Waals surface area contributed by atoms with Crippen LogP contribution in [0.1, 0.15) is 18.1 Å². The van der Waals surface area contributed by atoms with Crippen molar-refractivity contribution in [3.8, 4) is 45.5 Å². The minimum atomic E-state index is 0.799. The van der Waals surface area contributed by atoms with Gasteiger partial charge in [-0.3, -0.25) is 9.98 Å². The first-order valence-corrected chi connectivity index (χ1v) is 19.2. The Morgan fingerprint density at radius 1 is 0.525 bits per heavy atom. The molecule has 0 atom stereocenters. The molecule has 0 amide bonds. The van der Waals surface area contributed by atoms with E-state index in [9.17, 15) is 0 Å². The Morgan fingerprint density at radius 3 is 1.47 bits per heavy atom. The molecule has 0 N–H and O–H groups in total. The van der Waals surface area contributed by atoms with Gasteiger partial charge in [0.25, 0.3) is 0 Å². The second-order valence-electron chi connectivity index (χ2n) is 14.4. The third-order valence-corrected chi connectivity index (χ3v) is 11.0. The molecule has 8 heteroatoms. The molecule has 0 aliphatic carbocycles. The van der Waals surface area contributed by atoms with Crippen LogP contribution in [0.2, 0.25) is 0 Å². The fraction of sp³-hybridized carbons (Fsp3) is 0.0980. The van der Waals surface area contributed by atoms with Crippen molar-refractivity contribution in [2.24, 2.45) is 4.99 Å². The van der Waals surface area contributed by atoms with Gasteiger partial charge in [0.2, 0.25) is 0 Å². The molecule has 0 spiro atoms. The fourth-order valence-corrected chi connectivity index (χ4v) is 8.10. The summed E-state index contributed by atoms with van der Waals surface area (Å²) in [6, 6.07) is 44.0. The summed E-state index contributed by atoms with van der Waals surface area (Å²) in [5.74, 6) is 3.21. The van der Waals surface area contributed by atoms with Crippen LogP contribution in [0.3, 0.4) is 0 Å². The van der Waals surface area contributed by atoms with E-state index in [0.29, 0.717) is 0 Å². The number of benzene rings is 6. The molecule has 9 rings (SSSR count). The average molecular weight is 775 g/mol. The van der Waals surface area contributed by atoms with Gasteiger partial charge in [-0.2, -0.15) is 0 Å². The highest BCUT2D eigenvalue weighted by Gasteiger charge is 2.17. The van der Waals surface area contributed by atoms with Crippen molar-refractivity contribution < 1.29 is 18.9 Å². The van der Waals surface area contributed by atoms with Crippen molar-refractivity contribution in [3.05, 3.63) is 163 Å². The van der Waals surface area contributed by atoms with E-state index in [-0.39, 0.29) is 0 Å². The number of aromatic nitrogens is 3. The van der Waals surface area contributed by atoms with Crippen LogP contribution >= 0.6 is 0 Å². The van der Waals surface area contributed by atoms with Gasteiger partial charge in [0.15, 0.2) is 0 Å². The second-order valence-corrected chi connectivity index (χ2v) is 14.4. The van der Waals surface area contributed by atoms with Crippen molar-refractivity contribution in [1.29, 1.82) is 0 Å². The standard InChI is InChI=1S/C51H42N4O4/c1-32(21-36(29-52-2)33-9-7-11-38(23-33)54-48-17-13-40(56-3)25-44(48)45-26-41(57-4)14-18-49(45)54)35-22-37(31-53-30-35)34-10-8-12-39(24-34)55-50-19-15-42(58-5)27-46(50)47-28-43(59-6)16-20-51(47)55/h7-31H,2H2,1,3-6H3/b32-21+,36-29+. The first-order valence-electron chi connectivity index (χ1n) is 19.2. The largest absolute Gasteiger partial charge is 0.497 e. The molecule has 0 aliphatic rings. The Kier molecular flexibility index (Phi) is 9.66. The van der Waals surface area contributed by atoms with Crippen LogP contribution in [0.15, 0.2) is 157 Å². The molecule has 0 radical (unpaired) electrons. The second kappa shape index (κ2) is 15.4. The fourth-order valence-electron chi connectivity index (χ4n) is 8.10. The normalized spacial score (nSPS) is 12.1. The molecular weight excluding hydrogens is 733 g/mol. The van der Waals surface area contributed by atoms with Crippen LogP contribution in [0.4, 0.5) is 0 Å². The maximum Gasteiger partial charge on any atom is 0.119 e. The van der Waals surface area contributed by atoms with Gasteiger partial charge >= 0.3 is 0 Å². The molecule has 0 unspecified atom stereocenters. The van der Waals surface area contributed by atoms with Crippen molar-refractivity contribution >= 4 is 61.5 Å². The Labute approximate surface area is 342 Å². The predicted molar refractivity (Wildman–Crippen MR) is 242 cm³/mol.